The van der Waals surface area contributed by atoms with Crippen molar-refractivity contribution in [2.75, 3.05) is 6.61 Å². The normalized spacial score (nSPS) is 17.0. The summed E-state index contributed by atoms with van der Waals surface area (Å²) in [5.41, 5.74) is 2.01. The molecule has 0 bridgehead atoms. The number of ether oxygens (including phenoxy) is 1. The molecule has 3 atom stereocenters. The predicted molar refractivity (Wildman–Crippen MR) is 133 cm³/mol. The number of carbonyl (C=O) groups excluding carboxylic acids is 1. The summed E-state index contributed by atoms with van der Waals surface area (Å²) < 4.78 is 55.8. The van der Waals surface area contributed by atoms with Crippen molar-refractivity contribution in [1.82, 2.24) is 20.2 Å². The summed E-state index contributed by atoms with van der Waals surface area (Å²) in [5, 5.41) is 8.92. The molecule has 0 spiro atoms. The Labute approximate surface area is 217 Å². The van der Waals surface area contributed by atoms with E-state index in [2.05, 4.69) is 20.2 Å². The van der Waals surface area contributed by atoms with Crippen LogP contribution in [0.2, 0.25) is 5.02 Å². The van der Waals surface area contributed by atoms with Gasteiger partial charge >= 0.3 is 5.76 Å². The molecule has 37 heavy (non-hydrogen) atoms. The lowest BCUT2D eigenvalue weighted by molar-refractivity contribution is -0.119. The molecule has 1 aromatic heterocycles. The first-order chi connectivity index (χ1) is 17.4. The second-order valence-electron chi connectivity index (χ2n) is 8.92. The van der Waals surface area contributed by atoms with Gasteiger partial charge in [0.25, 0.3) is 0 Å². The fraction of sp³-hybridized carbons (Fsp3) is 0.375. The fourth-order valence-corrected chi connectivity index (χ4v) is 6.26. The van der Waals surface area contributed by atoms with Gasteiger partial charge < -0.3 is 14.5 Å². The fourth-order valence-electron chi connectivity index (χ4n) is 4.56. The van der Waals surface area contributed by atoms with Gasteiger partial charge in [0.1, 0.15) is 22.5 Å². The molecular weight excluding hydrogens is 527 g/mol. The zero-order chi connectivity index (χ0) is 27.1. The van der Waals surface area contributed by atoms with Gasteiger partial charge in [0, 0.05) is 29.8 Å². The third-order valence-electron chi connectivity index (χ3n) is 6.47. The molecule has 13 heteroatoms. The first-order valence-corrected chi connectivity index (χ1v) is 13.3. The summed E-state index contributed by atoms with van der Waals surface area (Å²) in [6.45, 7) is 6.63. The molecule has 2 aromatic carbocycles. The second kappa shape index (κ2) is 10.3. The Hall–Kier alpha value is -3.22. The molecule has 10 nitrogen and oxygen atoms in total. The number of aryl methyl sites for hydroxylation is 1. The van der Waals surface area contributed by atoms with Crippen molar-refractivity contribution < 1.29 is 26.8 Å². The van der Waals surface area contributed by atoms with Gasteiger partial charge in [-0.2, -0.15) is 4.72 Å². The van der Waals surface area contributed by atoms with Crippen LogP contribution in [0.25, 0.3) is 0 Å². The van der Waals surface area contributed by atoms with E-state index in [-0.39, 0.29) is 39.6 Å². The first kappa shape index (κ1) is 26.8. The number of aromatic amines is 1. The maximum Gasteiger partial charge on any atom is 0.434 e. The van der Waals surface area contributed by atoms with Crippen LogP contribution in [0.1, 0.15) is 66.4 Å². The lowest BCUT2D eigenvalue weighted by atomic mass is 9.88. The smallest absolute Gasteiger partial charge is 0.434 e. The van der Waals surface area contributed by atoms with E-state index in [0.29, 0.717) is 17.5 Å². The van der Waals surface area contributed by atoms with Crippen LogP contribution in [-0.2, 0) is 14.8 Å². The summed E-state index contributed by atoms with van der Waals surface area (Å²) in [5.74, 6) is -2.84. The van der Waals surface area contributed by atoms with Crippen molar-refractivity contribution >= 4 is 27.5 Å². The molecule has 0 aliphatic carbocycles. The number of benzene rings is 2. The lowest BCUT2D eigenvalue weighted by Crippen LogP contribution is -2.35. The van der Waals surface area contributed by atoms with Crippen LogP contribution in [0.4, 0.5) is 4.39 Å². The minimum Gasteiger partial charge on any atom is -0.492 e. The predicted octanol–water partition coefficient (Wildman–Crippen LogP) is 3.56. The number of nitrogens with one attached hydrogen (secondary N) is 3. The standard InChI is InChI=1S/C24H26ClFN4O6S/c1-11-5-7-16(26)19(12(11)2)13(3)21(23-28-29-24(32)36-23)30-37(33,34)18-8-6-15(25)20-17(27-14(4)31)9-10-35-22(18)20/h5-8,13,17,21,30H,9-10H2,1-4H3,(H,27,31)(H,29,32)/t13-,17?,21+/m1/s1. The van der Waals surface area contributed by atoms with E-state index in [4.69, 9.17) is 20.8 Å². The maximum atomic E-state index is 15.0. The Morgan fingerprint density at radius 1 is 1.27 bits per heavy atom. The van der Waals surface area contributed by atoms with E-state index in [9.17, 15) is 22.4 Å². The molecule has 0 fully saturated rings. The topological polar surface area (TPSA) is 143 Å². The van der Waals surface area contributed by atoms with Gasteiger partial charge in [-0.3, -0.25) is 4.79 Å². The van der Waals surface area contributed by atoms with E-state index >= 15 is 0 Å². The second-order valence-corrected chi connectivity index (χ2v) is 11.0. The Bertz CT molecular complexity index is 1520. The average molecular weight is 553 g/mol. The number of nitrogens with zero attached hydrogens (tertiary/aromatic N) is 1. The molecule has 0 saturated carbocycles. The highest BCUT2D eigenvalue weighted by atomic mass is 35.5. The van der Waals surface area contributed by atoms with Crippen LogP contribution in [0.3, 0.4) is 0 Å². The molecule has 0 saturated heterocycles. The minimum atomic E-state index is -4.38. The van der Waals surface area contributed by atoms with Gasteiger partial charge in [0.15, 0.2) is 0 Å². The number of hydrogen-bond acceptors (Lipinski definition) is 7. The van der Waals surface area contributed by atoms with E-state index in [0.717, 1.165) is 5.56 Å². The highest BCUT2D eigenvalue weighted by molar-refractivity contribution is 7.89. The van der Waals surface area contributed by atoms with Crippen LogP contribution in [0, 0.1) is 19.7 Å². The number of hydrogen-bond donors (Lipinski definition) is 3. The van der Waals surface area contributed by atoms with Gasteiger partial charge in [-0.15, -0.1) is 5.10 Å². The van der Waals surface area contributed by atoms with Crippen molar-refractivity contribution in [1.29, 1.82) is 0 Å². The van der Waals surface area contributed by atoms with Crippen LogP contribution >= 0.6 is 11.6 Å². The molecule has 3 aromatic rings. The van der Waals surface area contributed by atoms with Gasteiger partial charge in [-0.05, 0) is 48.7 Å². The summed E-state index contributed by atoms with van der Waals surface area (Å²) >= 11 is 6.37. The number of aromatic nitrogens is 2. The van der Waals surface area contributed by atoms with Crippen LogP contribution in [0.5, 0.6) is 5.75 Å². The average Bonchev–Trinajstić information content (AvgIpc) is 3.25. The van der Waals surface area contributed by atoms with Crippen LogP contribution in [-0.4, -0.2) is 31.1 Å². The SMILES string of the molecule is CC(=O)NC1CCOc2c(S(=O)(=O)N[C@H](c3n[nH]c(=O)o3)[C@H](C)c3c(F)ccc(C)c3C)ccc(Cl)c21. The number of sulfonamides is 1. The molecular formula is C24H26ClFN4O6S. The quantitative estimate of drug-likeness (QED) is 0.406. The highest BCUT2D eigenvalue weighted by Crippen LogP contribution is 2.43. The molecule has 1 aliphatic rings. The molecule has 1 amide bonds. The van der Waals surface area contributed by atoms with E-state index in [1.54, 1.807) is 19.9 Å². The Morgan fingerprint density at radius 2 is 2.00 bits per heavy atom. The van der Waals surface area contributed by atoms with Crippen molar-refractivity contribution in [3.05, 3.63) is 73.8 Å². The number of halogens is 2. The number of amides is 1. The third-order valence-corrected chi connectivity index (χ3v) is 8.26. The number of H-pyrrole nitrogens is 1. The molecule has 2 heterocycles. The molecule has 198 valence electrons. The Balaban J connectivity index is 1.81. The molecule has 3 N–H and O–H groups in total. The number of rotatable bonds is 7. The molecule has 1 aliphatic heterocycles. The van der Waals surface area contributed by atoms with E-state index < -0.39 is 39.6 Å². The third kappa shape index (κ3) is 5.27. The lowest BCUT2D eigenvalue weighted by Gasteiger charge is -2.30. The minimum absolute atomic E-state index is 0.00204. The zero-order valence-electron chi connectivity index (χ0n) is 20.5. The molecule has 4 rings (SSSR count). The summed E-state index contributed by atoms with van der Waals surface area (Å²) in [4.78, 5) is 23.2. The summed E-state index contributed by atoms with van der Waals surface area (Å²) in [6.07, 6.45) is 0.396. The number of fused-ring (bicyclic) bond motifs is 1. The maximum absolute atomic E-state index is 15.0. The zero-order valence-corrected chi connectivity index (χ0v) is 22.1. The largest absolute Gasteiger partial charge is 0.492 e. The van der Waals surface area contributed by atoms with E-state index in [1.165, 1.54) is 25.1 Å². The van der Waals surface area contributed by atoms with Crippen molar-refractivity contribution in [3.8, 4) is 5.75 Å². The number of carbonyl (C=O) groups is 1. The summed E-state index contributed by atoms with van der Waals surface area (Å²) in [6, 6.07) is 3.78. The van der Waals surface area contributed by atoms with Gasteiger partial charge in [0.05, 0.1) is 12.6 Å². The van der Waals surface area contributed by atoms with Gasteiger partial charge in [-0.1, -0.05) is 24.6 Å². The highest BCUT2D eigenvalue weighted by Gasteiger charge is 2.37. The van der Waals surface area contributed by atoms with Gasteiger partial charge in [-0.25, -0.2) is 22.7 Å². The van der Waals surface area contributed by atoms with Crippen LogP contribution in [0.15, 0.2) is 38.4 Å². The Kier molecular flexibility index (Phi) is 7.45. The van der Waals surface area contributed by atoms with Crippen molar-refractivity contribution in [3.63, 3.8) is 0 Å². The molecule has 0 radical (unpaired) electrons. The van der Waals surface area contributed by atoms with Gasteiger partial charge in [0.2, 0.25) is 21.8 Å². The monoisotopic (exact) mass is 552 g/mol. The van der Waals surface area contributed by atoms with E-state index in [1.807, 2.05) is 6.92 Å². The first-order valence-electron chi connectivity index (χ1n) is 11.5. The Morgan fingerprint density at radius 3 is 2.65 bits per heavy atom. The summed E-state index contributed by atoms with van der Waals surface area (Å²) in [7, 11) is -4.38. The molecule has 1 unspecified atom stereocenters. The van der Waals surface area contributed by atoms with Crippen LogP contribution < -0.4 is 20.5 Å². The van der Waals surface area contributed by atoms with Crippen molar-refractivity contribution in [2.45, 2.75) is 57.0 Å². The van der Waals surface area contributed by atoms with Crippen molar-refractivity contribution in [2.24, 2.45) is 0 Å².